The third-order valence-corrected chi connectivity index (χ3v) is 2.84. The summed E-state index contributed by atoms with van der Waals surface area (Å²) in [6, 6.07) is 2.78. The highest BCUT2D eigenvalue weighted by Gasteiger charge is 2.23. The zero-order valence-corrected chi connectivity index (χ0v) is 13.3. The summed E-state index contributed by atoms with van der Waals surface area (Å²) < 4.78 is 9.72. The zero-order valence-electron chi connectivity index (χ0n) is 13.3. The number of carbonyl (C=O) groups excluding carboxylic acids is 3. The Morgan fingerprint density at radius 2 is 2.00 bits per heavy atom. The molecule has 10 heteroatoms. The standard InChI is InChI=1S/C14H17N3O7/c1-4-15-14(20)16-12(18)8(2)24-13(19)9-5-6-11(23-3)10(7-9)17(21)22/h5-8H,4H2,1-3H3,(H2,15,16,18,20)/t8-/m0/s1. The van der Waals surface area contributed by atoms with Crippen LogP contribution in [0.2, 0.25) is 0 Å². The number of rotatable bonds is 6. The van der Waals surface area contributed by atoms with Gasteiger partial charge in [-0.15, -0.1) is 0 Å². The van der Waals surface area contributed by atoms with Gasteiger partial charge in [-0.1, -0.05) is 0 Å². The van der Waals surface area contributed by atoms with Crippen molar-refractivity contribution in [2.24, 2.45) is 0 Å². The number of carbonyl (C=O) groups is 3. The number of nitrogens with one attached hydrogen (secondary N) is 2. The Balaban J connectivity index is 2.80. The number of benzene rings is 1. The van der Waals surface area contributed by atoms with Crippen LogP contribution in [0.3, 0.4) is 0 Å². The minimum Gasteiger partial charge on any atom is -0.490 e. The number of urea groups is 1. The van der Waals surface area contributed by atoms with E-state index < -0.39 is 34.6 Å². The first-order valence-electron chi connectivity index (χ1n) is 6.92. The largest absolute Gasteiger partial charge is 0.490 e. The monoisotopic (exact) mass is 339 g/mol. The molecule has 0 aromatic heterocycles. The first-order chi connectivity index (χ1) is 11.3. The number of imide groups is 1. The Morgan fingerprint density at radius 1 is 1.33 bits per heavy atom. The van der Waals surface area contributed by atoms with Crippen molar-refractivity contribution in [3.05, 3.63) is 33.9 Å². The summed E-state index contributed by atoms with van der Waals surface area (Å²) >= 11 is 0. The van der Waals surface area contributed by atoms with E-state index in [2.05, 4.69) is 5.32 Å². The van der Waals surface area contributed by atoms with Crippen molar-refractivity contribution in [1.82, 2.24) is 10.6 Å². The predicted molar refractivity (Wildman–Crippen MR) is 81.7 cm³/mol. The van der Waals surface area contributed by atoms with E-state index >= 15 is 0 Å². The minimum absolute atomic E-state index is 0.0152. The van der Waals surface area contributed by atoms with Crippen LogP contribution >= 0.6 is 0 Å². The molecular weight excluding hydrogens is 322 g/mol. The van der Waals surface area contributed by atoms with Gasteiger partial charge in [0.1, 0.15) is 0 Å². The zero-order chi connectivity index (χ0) is 18.3. The van der Waals surface area contributed by atoms with Crippen LogP contribution in [0.25, 0.3) is 0 Å². The van der Waals surface area contributed by atoms with Crippen molar-refractivity contribution in [1.29, 1.82) is 0 Å². The fourth-order valence-corrected chi connectivity index (χ4v) is 1.66. The molecule has 24 heavy (non-hydrogen) atoms. The number of nitro benzene ring substituents is 1. The van der Waals surface area contributed by atoms with Crippen molar-refractivity contribution in [2.75, 3.05) is 13.7 Å². The quantitative estimate of drug-likeness (QED) is 0.448. The summed E-state index contributed by atoms with van der Waals surface area (Å²) in [6.45, 7) is 3.26. The second-order valence-electron chi connectivity index (χ2n) is 4.54. The van der Waals surface area contributed by atoms with E-state index in [9.17, 15) is 24.5 Å². The Labute approximate surface area is 137 Å². The number of hydrogen-bond acceptors (Lipinski definition) is 7. The minimum atomic E-state index is -1.26. The molecule has 0 aliphatic rings. The van der Waals surface area contributed by atoms with E-state index in [1.54, 1.807) is 6.92 Å². The Bertz CT molecular complexity index is 660. The van der Waals surface area contributed by atoms with Crippen LogP contribution in [0.5, 0.6) is 5.75 Å². The number of hydrogen-bond donors (Lipinski definition) is 2. The number of ether oxygens (including phenoxy) is 2. The molecule has 0 saturated heterocycles. The van der Waals surface area contributed by atoms with Crippen LogP contribution in [0.1, 0.15) is 24.2 Å². The SMILES string of the molecule is CCNC(=O)NC(=O)[C@H](C)OC(=O)c1ccc(OC)c([N+](=O)[O-])c1. The Morgan fingerprint density at radius 3 is 2.54 bits per heavy atom. The third-order valence-electron chi connectivity index (χ3n) is 2.84. The predicted octanol–water partition coefficient (Wildman–Crippen LogP) is 0.994. The molecule has 0 bridgehead atoms. The molecule has 0 saturated carbocycles. The summed E-state index contributed by atoms with van der Waals surface area (Å²) in [5.74, 6) is -1.78. The van der Waals surface area contributed by atoms with Gasteiger partial charge in [0.2, 0.25) is 0 Å². The average Bonchev–Trinajstić information content (AvgIpc) is 2.53. The van der Waals surface area contributed by atoms with Gasteiger partial charge in [-0.05, 0) is 26.0 Å². The lowest BCUT2D eigenvalue weighted by Gasteiger charge is -2.13. The number of nitro groups is 1. The second kappa shape index (κ2) is 8.46. The van der Waals surface area contributed by atoms with Crippen molar-refractivity contribution in [3.8, 4) is 5.75 Å². The maximum atomic E-state index is 12.0. The molecule has 130 valence electrons. The van der Waals surface area contributed by atoms with Crippen LogP contribution in [0.15, 0.2) is 18.2 Å². The molecule has 1 rings (SSSR count). The fourth-order valence-electron chi connectivity index (χ4n) is 1.66. The molecule has 0 spiro atoms. The normalized spacial score (nSPS) is 11.1. The van der Waals surface area contributed by atoms with Crippen molar-refractivity contribution < 1.29 is 28.8 Å². The molecule has 1 atom stereocenters. The maximum absolute atomic E-state index is 12.0. The van der Waals surface area contributed by atoms with Crippen LogP contribution in [-0.2, 0) is 9.53 Å². The van der Waals surface area contributed by atoms with E-state index in [4.69, 9.17) is 9.47 Å². The molecule has 0 aliphatic carbocycles. The maximum Gasteiger partial charge on any atom is 0.339 e. The smallest absolute Gasteiger partial charge is 0.339 e. The van der Waals surface area contributed by atoms with Crippen LogP contribution in [0, 0.1) is 10.1 Å². The number of methoxy groups -OCH3 is 1. The van der Waals surface area contributed by atoms with Gasteiger partial charge in [0, 0.05) is 12.6 Å². The van der Waals surface area contributed by atoms with Gasteiger partial charge in [0.05, 0.1) is 17.6 Å². The first-order valence-corrected chi connectivity index (χ1v) is 6.92. The third kappa shape index (κ3) is 4.93. The highest BCUT2D eigenvalue weighted by Crippen LogP contribution is 2.27. The molecule has 0 heterocycles. The van der Waals surface area contributed by atoms with Gasteiger partial charge in [0.15, 0.2) is 11.9 Å². The molecule has 0 unspecified atom stereocenters. The Kier molecular flexibility index (Phi) is 6.65. The van der Waals surface area contributed by atoms with Gasteiger partial charge >= 0.3 is 17.7 Å². The van der Waals surface area contributed by atoms with Crippen molar-refractivity contribution in [3.63, 3.8) is 0 Å². The lowest BCUT2D eigenvalue weighted by molar-refractivity contribution is -0.385. The average molecular weight is 339 g/mol. The van der Waals surface area contributed by atoms with E-state index in [1.165, 1.54) is 26.2 Å². The molecule has 1 aromatic carbocycles. The van der Waals surface area contributed by atoms with Crippen LogP contribution in [0.4, 0.5) is 10.5 Å². The van der Waals surface area contributed by atoms with Gasteiger partial charge in [0.25, 0.3) is 5.91 Å². The summed E-state index contributed by atoms with van der Waals surface area (Å²) in [7, 11) is 1.26. The fraction of sp³-hybridized carbons (Fsp3) is 0.357. The van der Waals surface area contributed by atoms with E-state index in [1.807, 2.05) is 5.32 Å². The van der Waals surface area contributed by atoms with E-state index in [0.717, 1.165) is 6.07 Å². The highest BCUT2D eigenvalue weighted by molar-refractivity contribution is 5.98. The highest BCUT2D eigenvalue weighted by atomic mass is 16.6. The molecule has 0 fully saturated rings. The van der Waals surface area contributed by atoms with Gasteiger partial charge < -0.3 is 14.8 Å². The number of esters is 1. The lowest BCUT2D eigenvalue weighted by atomic mass is 10.2. The number of amides is 3. The van der Waals surface area contributed by atoms with Crippen LogP contribution in [-0.4, -0.2) is 42.6 Å². The molecule has 0 radical (unpaired) electrons. The summed E-state index contributed by atoms with van der Waals surface area (Å²) in [5.41, 5.74) is -0.536. The topological polar surface area (TPSA) is 137 Å². The molecular formula is C14H17N3O7. The van der Waals surface area contributed by atoms with E-state index in [-0.39, 0.29) is 11.3 Å². The van der Waals surface area contributed by atoms with Crippen molar-refractivity contribution >= 4 is 23.6 Å². The number of nitrogens with zero attached hydrogens (tertiary/aromatic N) is 1. The molecule has 3 amide bonds. The molecule has 10 nitrogen and oxygen atoms in total. The lowest BCUT2D eigenvalue weighted by Crippen LogP contribution is -2.44. The van der Waals surface area contributed by atoms with Gasteiger partial charge in [-0.3, -0.25) is 20.2 Å². The summed E-state index contributed by atoms with van der Waals surface area (Å²) in [5, 5.41) is 15.3. The van der Waals surface area contributed by atoms with Crippen molar-refractivity contribution in [2.45, 2.75) is 20.0 Å². The molecule has 0 aliphatic heterocycles. The summed E-state index contributed by atoms with van der Waals surface area (Å²) in [4.78, 5) is 45.1. The van der Waals surface area contributed by atoms with Gasteiger partial charge in [-0.2, -0.15) is 0 Å². The molecule has 2 N–H and O–H groups in total. The van der Waals surface area contributed by atoms with Gasteiger partial charge in [-0.25, -0.2) is 9.59 Å². The molecule has 1 aromatic rings. The first kappa shape index (κ1) is 18.9. The van der Waals surface area contributed by atoms with E-state index in [0.29, 0.717) is 6.54 Å². The Hall–Kier alpha value is -3.17. The summed E-state index contributed by atoms with van der Waals surface area (Å²) in [6.07, 6.45) is -1.26. The van der Waals surface area contributed by atoms with Crippen LogP contribution < -0.4 is 15.4 Å². The second-order valence-corrected chi connectivity index (χ2v) is 4.54.